The number of H-pyrrole nitrogens is 1. The highest BCUT2D eigenvalue weighted by atomic mass is 32.2. The van der Waals surface area contributed by atoms with Gasteiger partial charge >= 0.3 is 0 Å². The van der Waals surface area contributed by atoms with Crippen LogP contribution in [0.1, 0.15) is 41.1 Å². The molecule has 0 aliphatic heterocycles. The predicted molar refractivity (Wildman–Crippen MR) is 121 cm³/mol. The molecule has 2 amide bonds. The second kappa shape index (κ2) is 10.1. The molecule has 3 aromatic rings. The first-order valence-corrected chi connectivity index (χ1v) is 11.6. The number of thioether (sulfide) groups is 1. The number of rotatable bonds is 7. The van der Waals surface area contributed by atoms with Crippen LogP contribution in [0, 0.1) is 18.7 Å². The van der Waals surface area contributed by atoms with Crippen LogP contribution in [0.25, 0.3) is 10.2 Å². The highest BCUT2D eigenvalue weighted by Crippen LogP contribution is 2.30. The monoisotopic (exact) mass is 462 g/mol. The van der Waals surface area contributed by atoms with Gasteiger partial charge in [-0.3, -0.25) is 25.2 Å². The summed E-state index contributed by atoms with van der Waals surface area (Å²) in [6, 6.07) is 4.94. The third kappa shape index (κ3) is 5.71. The lowest BCUT2D eigenvalue weighted by Gasteiger charge is -2.08. The molecule has 1 unspecified atom stereocenters. The minimum atomic E-state index is -0.561. The van der Waals surface area contributed by atoms with Gasteiger partial charge in [0, 0.05) is 10.4 Å². The number of nitrogens with one attached hydrogen (secondary N) is 3. The SMILES string of the molecule is CCC(C)Cc1c(C)sc2nc(SCC(=O)NNC(=O)c3ccc(F)cc3)[nH]c(=O)c12. The minimum absolute atomic E-state index is 0.0533. The molecule has 0 radical (unpaired) electrons. The lowest BCUT2D eigenvalue weighted by Crippen LogP contribution is -2.42. The number of aromatic nitrogens is 2. The Kier molecular flexibility index (Phi) is 7.45. The fourth-order valence-corrected chi connectivity index (χ4v) is 4.70. The van der Waals surface area contributed by atoms with Crippen LogP contribution in [-0.2, 0) is 11.2 Å². The van der Waals surface area contributed by atoms with Gasteiger partial charge in [0.1, 0.15) is 10.6 Å². The third-order valence-corrected chi connectivity index (χ3v) is 6.77. The van der Waals surface area contributed by atoms with Gasteiger partial charge in [0.25, 0.3) is 11.5 Å². The zero-order valence-corrected chi connectivity index (χ0v) is 19.0. The predicted octanol–water partition coefficient (Wildman–Crippen LogP) is 3.57. The van der Waals surface area contributed by atoms with Crippen LogP contribution >= 0.6 is 23.1 Å². The molecule has 1 atom stereocenters. The van der Waals surface area contributed by atoms with E-state index >= 15 is 0 Å². The van der Waals surface area contributed by atoms with E-state index in [0.29, 0.717) is 21.3 Å². The summed E-state index contributed by atoms with van der Waals surface area (Å²) in [4.78, 5) is 45.6. The van der Waals surface area contributed by atoms with E-state index in [1.807, 2.05) is 6.92 Å². The fraction of sp³-hybridized carbons (Fsp3) is 0.333. The van der Waals surface area contributed by atoms with Crippen LogP contribution in [-0.4, -0.2) is 27.5 Å². The van der Waals surface area contributed by atoms with Gasteiger partial charge in [-0.1, -0.05) is 32.0 Å². The molecule has 0 fully saturated rings. The molecule has 164 valence electrons. The first-order valence-electron chi connectivity index (χ1n) is 9.78. The van der Waals surface area contributed by atoms with Crippen LogP contribution in [0.3, 0.4) is 0 Å². The standard InChI is InChI=1S/C21H23FN4O3S2/c1-4-11(2)9-15-12(3)31-20-17(15)19(29)23-21(24-20)30-10-16(27)25-26-18(28)13-5-7-14(22)8-6-13/h5-8,11H,4,9-10H2,1-3H3,(H,25,27)(H,26,28)(H,23,24,29). The van der Waals surface area contributed by atoms with Gasteiger partial charge in [-0.05, 0) is 49.1 Å². The van der Waals surface area contributed by atoms with Crippen molar-refractivity contribution in [2.24, 2.45) is 5.92 Å². The van der Waals surface area contributed by atoms with E-state index in [1.165, 1.54) is 23.5 Å². The Morgan fingerprint density at radius 2 is 1.97 bits per heavy atom. The third-order valence-electron chi connectivity index (χ3n) is 4.85. The summed E-state index contributed by atoms with van der Waals surface area (Å²) in [5.74, 6) is -1.07. The van der Waals surface area contributed by atoms with Gasteiger partial charge in [-0.15, -0.1) is 11.3 Å². The van der Waals surface area contributed by atoms with Gasteiger partial charge in [-0.25, -0.2) is 9.37 Å². The zero-order chi connectivity index (χ0) is 22.5. The summed E-state index contributed by atoms with van der Waals surface area (Å²) >= 11 is 2.55. The lowest BCUT2D eigenvalue weighted by molar-refractivity contribution is -0.119. The molecule has 0 spiro atoms. The number of hydrogen-bond donors (Lipinski definition) is 3. The Morgan fingerprint density at radius 3 is 2.65 bits per heavy atom. The second-order valence-corrected chi connectivity index (χ2v) is 9.37. The van der Waals surface area contributed by atoms with Crippen molar-refractivity contribution in [2.45, 2.75) is 38.8 Å². The van der Waals surface area contributed by atoms with Gasteiger partial charge in [0.15, 0.2) is 5.16 Å². The first kappa shape index (κ1) is 23.0. The topological polar surface area (TPSA) is 104 Å². The maximum Gasteiger partial charge on any atom is 0.269 e. The number of aromatic amines is 1. The number of benzene rings is 1. The van der Waals surface area contributed by atoms with Crippen LogP contribution < -0.4 is 16.4 Å². The summed E-state index contributed by atoms with van der Waals surface area (Å²) in [7, 11) is 0. The highest BCUT2D eigenvalue weighted by Gasteiger charge is 2.17. The molecule has 1 aromatic carbocycles. The number of amides is 2. The number of carbonyl (C=O) groups is 2. The molecule has 7 nitrogen and oxygen atoms in total. The molecule has 31 heavy (non-hydrogen) atoms. The van der Waals surface area contributed by atoms with Crippen molar-refractivity contribution < 1.29 is 14.0 Å². The number of carbonyl (C=O) groups excluding carboxylic acids is 2. The van der Waals surface area contributed by atoms with Crippen LogP contribution in [0.5, 0.6) is 0 Å². The molecule has 0 bridgehead atoms. The average molecular weight is 463 g/mol. The molecule has 0 saturated carbocycles. The molecular formula is C21H23FN4O3S2. The summed E-state index contributed by atoms with van der Waals surface area (Å²) in [6.45, 7) is 6.27. The van der Waals surface area contributed by atoms with Crippen molar-refractivity contribution in [1.82, 2.24) is 20.8 Å². The maximum atomic E-state index is 12.9. The van der Waals surface area contributed by atoms with Crippen molar-refractivity contribution in [2.75, 3.05) is 5.75 Å². The Hall–Kier alpha value is -2.72. The van der Waals surface area contributed by atoms with E-state index in [9.17, 15) is 18.8 Å². The lowest BCUT2D eigenvalue weighted by atomic mass is 9.98. The molecule has 2 aromatic heterocycles. The molecular weight excluding hydrogens is 439 g/mol. The van der Waals surface area contributed by atoms with Crippen molar-refractivity contribution in [3.8, 4) is 0 Å². The molecule has 0 aliphatic carbocycles. The number of halogens is 1. The summed E-state index contributed by atoms with van der Waals surface area (Å²) < 4.78 is 12.9. The van der Waals surface area contributed by atoms with Gasteiger partial charge < -0.3 is 4.98 Å². The Bertz CT molecular complexity index is 1160. The summed E-state index contributed by atoms with van der Waals surface area (Å²) in [5.41, 5.74) is 5.60. The maximum absolute atomic E-state index is 12.9. The molecule has 0 aliphatic rings. The van der Waals surface area contributed by atoms with Crippen LogP contribution in [0.15, 0.2) is 34.2 Å². The number of thiophene rings is 1. The molecule has 10 heteroatoms. The number of hydrogen-bond acceptors (Lipinski definition) is 6. The number of aryl methyl sites for hydroxylation is 1. The smallest absolute Gasteiger partial charge is 0.269 e. The largest absolute Gasteiger partial charge is 0.301 e. The highest BCUT2D eigenvalue weighted by molar-refractivity contribution is 7.99. The zero-order valence-electron chi connectivity index (χ0n) is 17.4. The van der Waals surface area contributed by atoms with Crippen molar-refractivity contribution in [3.05, 3.63) is 56.4 Å². The summed E-state index contributed by atoms with van der Waals surface area (Å²) in [5, 5.41) is 0.969. The minimum Gasteiger partial charge on any atom is -0.301 e. The fourth-order valence-electron chi connectivity index (χ4n) is 2.93. The van der Waals surface area contributed by atoms with E-state index < -0.39 is 17.6 Å². The van der Waals surface area contributed by atoms with E-state index in [-0.39, 0.29) is 16.9 Å². The Balaban J connectivity index is 1.61. The normalized spacial score (nSPS) is 12.0. The summed E-state index contributed by atoms with van der Waals surface area (Å²) in [6.07, 6.45) is 1.86. The number of nitrogens with zero attached hydrogens (tertiary/aromatic N) is 1. The van der Waals surface area contributed by atoms with E-state index in [1.54, 1.807) is 0 Å². The van der Waals surface area contributed by atoms with Crippen LogP contribution in [0.4, 0.5) is 4.39 Å². The van der Waals surface area contributed by atoms with E-state index in [4.69, 9.17) is 0 Å². The van der Waals surface area contributed by atoms with Gasteiger partial charge in [0.05, 0.1) is 11.1 Å². The molecule has 2 heterocycles. The van der Waals surface area contributed by atoms with E-state index in [2.05, 4.69) is 34.7 Å². The Morgan fingerprint density at radius 1 is 1.26 bits per heavy atom. The van der Waals surface area contributed by atoms with Crippen molar-refractivity contribution in [3.63, 3.8) is 0 Å². The molecule has 0 saturated heterocycles. The van der Waals surface area contributed by atoms with Crippen molar-refractivity contribution >= 4 is 45.1 Å². The quantitative estimate of drug-likeness (QED) is 0.283. The van der Waals surface area contributed by atoms with Crippen molar-refractivity contribution in [1.29, 1.82) is 0 Å². The first-order chi connectivity index (χ1) is 14.8. The second-order valence-electron chi connectivity index (χ2n) is 7.20. The number of hydrazine groups is 1. The Labute approximate surface area is 186 Å². The van der Waals surface area contributed by atoms with E-state index in [0.717, 1.165) is 47.2 Å². The van der Waals surface area contributed by atoms with Gasteiger partial charge in [0.2, 0.25) is 5.91 Å². The molecule has 3 N–H and O–H groups in total. The van der Waals surface area contributed by atoms with Crippen LogP contribution in [0.2, 0.25) is 0 Å². The average Bonchev–Trinajstić information content (AvgIpc) is 3.06. The van der Waals surface area contributed by atoms with Gasteiger partial charge in [-0.2, -0.15) is 0 Å². The molecule has 3 rings (SSSR count). The number of fused-ring (bicyclic) bond motifs is 1.